The summed E-state index contributed by atoms with van der Waals surface area (Å²) in [6.07, 6.45) is 0. The zero-order chi connectivity index (χ0) is 19.2. The van der Waals surface area contributed by atoms with Crippen LogP contribution in [0.1, 0.15) is 10.4 Å². The van der Waals surface area contributed by atoms with Crippen molar-refractivity contribution in [2.24, 2.45) is 0 Å². The molecule has 0 radical (unpaired) electrons. The van der Waals surface area contributed by atoms with Crippen molar-refractivity contribution in [3.05, 3.63) is 70.3 Å². The molecule has 1 N–H and O–H groups in total. The van der Waals surface area contributed by atoms with Gasteiger partial charge < -0.3 is 4.74 Å². The van der Waals surface area contributed by atoms with Crippen molar-refractivity contribution in [3.8, 4) is 0 Å². The third kappa shape index (κ3) is 5.19. The van der Waals surface area contributed by atoms with Crippen LogP contribution in [-0.2, 0) is 19.6 Å². The Bertz CT molecular complexity index is 909. The number of non-ortho nitro benzene ring substituents is 1. The van der Waals surface area contributed by atoms with Gasteiger partial charge in [-0.05, 0) is 12.1 Å². The number of Topliss-reactive ketones (excluding diaryl/α,β-unsaturated/α-hetero) is 1. The number of ether oxygens (including phenoxy) is 1. The minimum atomic E-state index is -4.05. The summed E-state index contributed by atoms with van der Waals surface area (Å²) < 4.78 is 30.8. The SMILES string of the molecule is O=C(CNS(=O)(=O)c1ccc([N+](=O)[O-])cc1)OCC(=O)c1ccccc1. The Balaban J connectivity index is 1.87. The van der Waals surface area contributed by atoms with Gasteiger partial charge in [0, 0.05) is 17.7 Å². The van der Waals surface area contributed by atoms with E-state index >= 15 is 0 Å². The van der Waals surface area contributed by atoms with Crippen LogP contribution in [0.3, 0.4) is 0 Å². The van der Waals surface area contributed by atoms with Crippen LogP contribution in [-0.4, -0.2) is 38.2 Å². The maximum Gasteiger partial charge on any atom is 0.321 e. The lowest BCUT2D eigenvalue weighted by molar-refractivity contribution is -0.384. The Hall–Kier alpha value is -3.11. The minimum absolute atomic E-state index is 0.240. The number of hydrogen-bond donors (Lipinski definition) is 1. The maximum atomic E-state index is 12.0. The number of nitro benzene ring substituents is 1. The first kappa shape index (κ1) is 19.2. The normalized spacial score (nSPS) is 10.9. The van der Waals surface area contributed by atoms with Crippen molar-refractivity contribution in [1.29, 1.82) is 0 Å². The summed E-state index contributed by atoms with van der Waals surface area (Å²) in [7, 11) is -4.05. The van der Waals surface area contributed by atoms with Crippen molar-refractivity contribution in [2.45, 2.75) is 4.90 Å². The second-order valence-corrected chi connectivity index (χ2v) is 6.79. The number of carbonyl (C=O) groups is 2. The molecule has 0 aliphatic carbocycles. The molecule has 26 heavy (non-hydrogen) atoms. The molecule has 0 unspecified atom stereocenters. The van der Waals surface area contributed by atoms with Gasteiger partial charge >= 0.3 is 5.97 Å². The highest BCUT2D eigenvalue weighted by atomic mass is 32.2. The van der Waals surface area contributed by atoms with Gasteiger partial charge in [0.2, 0.25) is 10.0 Å². The van der Waals surface area contributed by atoms with Gasteiger partial charge in [-0.1, -0.05) is 30.3 Å². The van der Waals surface area contributed by atoms with Gasteiger partial charge in [0.05, 0.1) is 9.82 Å². The molecule has 9 nitrogen and oxygen atoms in total. The van der Waals surface area contributed by atoms with Crippen molar-refractivity contribution in [1.82, 2.24) is 4.72 Å². The summed E-state index contributed by atoms with van der Waals surface area (Å²) >= 11 is 0. The van der Waals surface area contributed by atoms with Crippen LogP contribution in [0.15, 0.2) is 59.5 Å². The quantitative estimate of drug-likeness (QED) is 0.317. The lowest BCUT2D eigenvalue weighted by atomic mass is 10.1. The molecule has 0 amide bonds. The first-order valence-corrected chi connectivity index (χ1v) is 8.76. The Morgan fingerprint density at radius 2 is 1.65 bits per heavy atom. The number of rotatable bonds is 8. The summed E-state index contributed by atoms with van der Waals surface area (Å²) in [5.74, 6) is -1.35. The highest BCUT2D eigenvalue weighted by molar-refractivity contribution is 7.89. The van der Waals surface area contributed by atoms with Gasteiger partial charge in [-0.2, -0.15) is 4.72 Å². The van der Waals surface area contributed by atoms with Crippen LogP contribution in [0.5, 0.6) is 0 Å². The smallest absolute Gasteiger partial charge is 0.321 e. The highest BCUT2D eigenvalue weighted by Gasteiger charge is 2.18. The minimum Gasteiger partial charge on any atom is -0.456 e. The molecule has 0 bridgehead atoms. The Labute approximate surface area is 148 Å². The fourth-order valence-corrected chi connectivity index (χ4v) is 2.86. The fourth-order valence-electron chi connectivity index (χ4n) is 1.89. The first-order chi connectivity index (χ1) is 12.3. The van der Waals surface area contributed by atoms with E-state index in [1.54, 1.807) is 30.3 Å². The molecule has 2 rings (SSSR count). The number of ketones is 1. The van der Waals surface area contributed by atoms with E-state index in [2.05, 4.69) is 0 Å². The Kier molecular flexibility index (Phi) is 6.15. The predicted octanol–water partition coefficient (Wildman–Crippen LogP) is 1.30. The standard InChI is InChI=1S/C16H14N2O7S/c19-15(12-4-2-1-3-5-12)11-25-16(20)10-17-26(23,24)14-8-6-13(7-9-14)18(21)22/h1-9,17H,10-11H2. The van der Waals surface area contributed by atoms with Crippen LogP contribution >= 0.6 is 0 Å². The molecule has 2 aromatic carbocycles. The van der Waals surface area contributed by atoms with Crippen LogP contribution in [0.2, 0.25) is 0 Å². The third-order valence-electron chi connectivity index (χ3n) is 3.22. The zero-order valence-electron chi connectivity index (χ0n) is 13.3. The Morgan fingerprint density at radius 3 is 2.23 bits per heavy atom. The van der Waals surface area contributed by atoms with Gasteiger partial charge in [0.15, 0.2) is 12.4 Å². The molecule has 136 valence electrons. The fraction of sp³-hybridized carbons (Fsp3) is 0.125. The molecular formula is C16H14N2O7S. The van der Waals surface area contributed by atoms with Crippen LogP contribution < -0.4 is 4.72 Å². The summed E-state index contributed by atoms with van der Waals surface area (Å²) in [6, 6.07) is 12.3. The molecule has 0 atom stereocenters. The Morgan fingerprint density at radius 1 is 1.04 bits per heavy atom. The van der Waals surface area contributed by atoms with Crippen LogP contribution in [0.4, 0.5) is 5.69 Å². The van der Waals surface area contributed by atoms with E-state index in [1.807, 2.05) is 4.72 Å². The van der Waals surface area contributed by atoms with Gasteiger partial charge in [-0.25, -0.2) is 8.42 Å². The van der Waals surface area contributed by atoms with Crippen molar-refractivity contribution < 1.29 is 27.7 Å². The zero-order valence-corrected chi connectivity index (χ0v) is 14.1. The highest BCUT2D eigenvalue weighted by Crippen LogP contribution is 2.15. The van der Waals surface area contributed by atoms with Crippen molar-refractivity contribution in [2.75, 3.05) is 13.2 Å². The second-order valence-electron chi connectivity index (χ2n) is 5.03. The molecule has 0 aromatic heterocycles. The van der Waals surface area contributed by atoms with E-state index < -0.39 is 39.9 Å². The second kappa shape index (κ2) is 8.32. The number of esters is 1. The van der Waals surface area contributed by atoms with Gasteiger partial charge in [-0.3, -0.25) is 19.7 Å². The van der Waals surface area contributed by atoms with Crippen molar-refractivity contribution in [3.63, 3.8) is 0 Å². The summed E-state index contributed by atoms with van der Waals surface area (Å²) in [6.45, 7) is -1.19. The van der Waals surface area contributed by atoms with Crippen LogP contribution in [0.25, 0.3) is 0 Å². The summed E-state index contributed by atoms with van der Waals surface area (Å²) in [5, 5.41) is 10.6. The number of benzene rings is 2. The molecular weight excluding hydrogens is 364 g/mol. The number of nitrogens with one attached hydrogen (secondary N) is 1. The van der Waals surface area contributed by atoms with E-state index in [0.717, 1.165) is 24.3 Å². The van der Waals surface area contributed by atoms with Gasteiger partial charge in [0.1, 0.15) is 6.54 Å². The molecule has 0 aliphatic rings. The molecule has 2 aromatic rings. The molecule has 0 saturated heterocycles. The average molecular weight is 378 g/mol. The molecule has 10 heteroatoms. The average Bonchev–Trinajstić information content (AvgIpc) is 2.65. The molecule has 0 spiro atoms. The van der Waals surface area contributed by atoms with Crippen molar-refractivity contribution >= 4 is 27.5 Å². The molecule has 0 saturated carbocycles. The summed E-state index contributed by atoms with van der Waals surface area (Å²) in [4.78, 5) is 33.1. The molecule has 0 aliphatic heterocycles. The number of carbonyl (C=O) groups excluding carboxylic acids is 2. The lowest BCUT2D eigenvalue weighted by Gasteiger charge is -2.07. The number of nitro groups is 1. The topological polar surface area (TPSA) is 133 Å². The predicted molar refractivity (Wildman–Crippen MR) is 90.0 cm³/mol. The van der Waals surface area contributed by atoms with E-state index in [4.69, 9.17) is 4.74 Å². The lowest BCUT2D eigenvalue weighted by Crippen LogP contribution is -2.31. The van der Waals surface area contributed by atoms with Gasteiger partial charge in [0.25, 0.3) is 5.69 Å². The number of hydrogen-bond acceptors (Lipinski definition) is 7. The first-order valence-electron chi connectivity index (χ1n) is 7.27. The van der Waals surface area contributed by atoms with E-state index in [-0.39, 0.29) is 10.6 Å². The largest absolute Gasteiger partial charge is 0.456 e. The number of sulfonamides is 1. The van der Waals surface area contributed by atoms with E-state index in [0.29, 0.717) is 5.56 Å². The molecule has 0 heterocycles. The summed E-state index contributed by atoms with van der Waals surface area (Å²) in [5.41, 5.74) is 0.106. The van der Waals surface area contributed by atoms with Crippen LogP contribution in [0, 0.1) is 10.1 Å². The monoisotopic (exact) mass is 378 g/mol. The third-order valence-corrected chi connectivity index (χ3v) is 4.64. The van der Waals surface area contributed by atoms with E-state index in [9.17, 15) is 28.1 Å². The van der Waals surface area contributed by atoms with E-state index in [1.165, 1.54) is 0 Å². The van der Waals surface area contributed by atoms with Gasteiger partial charge in [-0.15, -0.1) is 0 Å². The maximum absolute atomic E-state index is 12.0. The molecule has 0 fully saturated rings. The number of nitrogens with zero attached hydrogens (tertiary/aromatic N) is 1.